The second-order valence-corrected chi connectivity index (χ2v) is 5.56. The van der Waals surface area contributed by atoms with E-state index in [0.717, 1.165) is 10.2 Å². The lowest BCUT2D eigenvalue weighted by atomic mass is 9.98. The fraction of sp³-hybridized carbons (Fsp3) is 0. The summed E-state index contributed by atoms with van der Waals surface area (Å²) in [6.07, 6.45) is 0. The highest BCUT2D eigenvalue weighted by molar-refractivity contribution is 9.10. The van der Waals surface area contributed by atoms with Crippen molar-refractivity contribution in [2.24, 2.45) is 0 Å². The van der Waals surface area contributed by atoms with E-state index in [1.165, 1.54) is 16.7 Å². The molecule has 0 bridgehead atoms. The molecule has 0 aliphatic rings. The summed E-state index contributed by atoms with van der Waals surface area (Å²) >= 11 is 5.09. The summed E-state index contributed by atoms with van der Waals surface area (Å²) in [6, 6.07) is 16.7. The quantitative estimate of drug-likeness (QED) is 0.630. The summed E-state index contributed by atoms with van der Waals surface area (Å²) in [5.74, 6) is 0. The zero-order valence-electron chi connectivity index (χ0n) is 9.51. The van der Waals surface area contributed by atoms with Gasteiger partial charge < -0.3 is 0 Å². The van der Waals surface area contributed by atoms with Gasteiger partial charge in [-0.2, -0.15) is 0 Å². The Kier molecular flexibility index (Phi) is 3.26. The molecule has 0 amide bonds. The predicted molar refractivity (Wildman–Crippen MR) is 80.7 cm³/mol. The second-order valence-electron chi connectivity index (χ2n) is 3.93. The molecule has 0 unspecified atom stereocenters. The topological polar surface area (TPSA) is 12.9 Å². The van der Waals surface area contributed by atoms with Crippen LogP contribution < -0.4 is 0 Å². The maximum absolute atomic E-state index is 4.40. The Labute approximate surface area is 118 Å². The maximum Gasteiger partial charge on any atom is 0.0817 e. The molecular formula is C15H10BrNS. The Balaban J connectivity index is 2.15. The lowest BCUT2D eigenvalue weighted by Crippen LogP contribution is -1.84. The summed E-state index contributed by atoms with van der Waals surface area (Å²) in [5.41, 5.74) is 6.52. The molecule has 1 aromatic heterocycles. The summed E-state index contributed by atoms with van der Waals surface area (Å²) < 4.78 is 1.09. The number of thiazole rings is 1. The van der Waals surface area contributed by atoms with Gasteiger partial charge in [0, 0.05) is 15.4 Å². The Hall–Kier alpha value is -1.45. The lowest BCUT2D eigenvalue weighted by Gasteiger charge is -2.07. The minimum atomic E-state index is 1.04. The number of benzene rings is 2. The molecule has 0 N–H and O–H groups in total. The van der Waals surface area contributed by atoms with Crippen LogP contribution in [0.1, 0.15) is 0 Å². The van der Waals surface area contributed by atoms with Crippen LogP contribution in [-0.4, -0.2) is 4.98 Å². The first kappa shape index (κ1) is 11.6. The van der Waals surface area contributed by atoms with E-state index < -0.39 is 0 Å². The summed E-state index contributed by atoms with van der Waals surface area (Å²) in [7, 11) is 0. The Morgan fingerprint density at radius 3 is 2.28 bits per heavy atom. The van der Waals surface area contributed by atoms with Crippen LogP contribution in [0.4, 0.5) is 0 Å². The van der Waals surface area contributed by atoms with E-state index in [1.807, 2.05) is 5.51 Å². The van der Waals surface area contributed by atoms with Gasteiger partial charge >= 0.3 is 0 Å². The van der Waals surface area contributed by atoms with Gasteiger partial charge in [0.2, 0.25) is 0 Å². The van der Waals surface area contributed by atoms with Crippen molar-refractivity contribution < 1.29 is 0 Å². The molecule has 0 saturated heterocycles. The first-order valence-electron chi connectivity index (χ1n) is 5.58. The number of hydrogen-bond acceptors (Lipinski definition) is 2. The molecule has 88 valence electrons. The van der Waals surface area contributed by atoms with Gasteiger partial charge in [0.05, 0.1) is 11.2 Å². The highest BCUT2D eigenvalue weighted by Crippen LogP contribution is 2.32. The number of halogens is 1. The third kappa shape index (κ3) is 2.24. The highest BCUT2D eigenvalue weighted by Gasteiger charge is 2.07. The van der Waals surface area contributed by atoms with Crippen molar-refractivity contribution in [2.75, 3.05) is 0 Å². The van der Waals surface area contributed by atoms with Crippen molar-refractivity contribution in [3.63, 3.8) is 0 Å². The zero-order chi connectivity index (χ0) is 12.4. The van der Waals surface area contributed by atoms with Gasteiger partial charge in [-0.05, 0) is 23.3 Å². The number of hydrogen-bond donors (Lipinski definition) is 0. The molecule has 3 rings (SSSR count). The third-order valence-corrected chi connectivity index (χ3v) is 3.91. The first-order valence-corrected chi connectivity index (χ1v) is 7.32. The van der Waals surface area contributed by atoms with Crippen LogP contribution >= 0.6 is 27.3 Å². The molecule has 0 radical (unpaired) electrons. The molecule has 3 aromatic rings. The molecule has 0 aliphatic heterocycles. The molecule has 0 spiro atoms. The van der Waals surface area contributed by atoms with Crippen LogP contribution in [0.2, 0.25) is 0 Å². The van der Waals surface area contributed by atoms with E-state index in [4.69, 9.17) is 0 Å². The summed E-state index contributed by atoms with van der Waals surface area (Å²) in [4.78, 5) is 4.40. The molecule has 0 aliphatic carbocycles. The van der Waals surface area contributed by atoms with Crippen LogP contribution in [0.25, 0.3) is 22.4 Å². The minimum absolute atomic E-state index is 1.04. The highest BCUT2D eigenvalue weighted by atomic mass is 79.9. The van der Waals surface area contributed by atoms with Crippen LogP contribution in [0.15, 0.2) is 63.9 Å². The van der Waals surface area contributed by atoms with E-state index in [0.29, 0.717) is 0 Å². The molecular weight excluding hydrogens is 306 g/mol. The van der Waals surface area contributed by atoms with Gasteiger partial charge in [-0.15, -0.1) is 11.3 Å². The predicted octanol–water partition coefficient (Wildman–Crippen LogP) is 5.24. The van der Waals surface area contributed by atoms with E-state index in [1.54, 1.807) is 11.3 Å². The normalized spacial score (nSPS) is 10.5. The van der Waals surface area contributed by atoms with Crippen LogP contribution in [0, 0.1) is 0 Å². The van der Waals surface area contributed by atoms with Crippen molar-refractivity contribution in [1.29, 1.82) is 0 Å². The van der Waals surface area contributed by atoms with E-state index in [-0.39, 0.29) is 0 Å². The Morgan fingerprint density at radius 1 is 0.889 bits per heavy atom. The SMILES string of the molecule is Brc1ccc(-c2ccccc2-c2cscn2)cc1. The van der Waals surface area contributed by atoms with Crippen molar-refractivity contribution in [3.8, 4) is 22.4 Å². The van der Waals surface area contributed by atoms with Gasteiger partial charge in [0.1, 0.15) is 0 Å². The van der Waals surface area contributed by atoms with Gasteiger partial charge in [-0.1, -0.05) is 52.3 Å². The average Bonchev–Trinajstić information content (AvgIpc) is 2.93. The van der Waals surface area contributed by atoms with Gasteiger partial charge in [-0.25, -0.2) is 4.98 Å². The molecule has 0 saturated carbocycles. The first-order chi connectivity index (χ1) is 8.84. The van der Waals surface area contributed by atoms with Crippen molar-refractivity contribution in [2.45, 2.75) is 0 Å². The number of aromatic nitrogens is 1. The average molecular weight is 316 g/mol. The van der Waals surface area contributed by atoms with E-state index in [9.17, 15) is 0 Å². The summed E-state index contributed by atoms with van der Waals surface area (Å²) in [6.45, 7) is 0. The standard InChI is InChI=1S/C15H10BrNS/c16-12-7-5-11(6-8-12)13-3-1-2-4-14(13)15-9-18-10-17-15/h1-10H. The number of nitrogens with zero attached hydrogens (tertiary/aromatic N) is 1. The van der Waals surface area contributed by atoms with Gasteiger partial charge in [0.25, 0.3) is 0 Å². The largest absolute Gasteiger partial charge is 0.245 e. The van der Waals surface area contributed by atoms with Crippen molar-refractivity contribution in [3.05, 3.63) is 63.9 Å². The Bertz CT molecular complexity index is 645. The molecule has 1 nitrogen and oxygen atoms in total. The fourth-order valence-electron chi connectivity index (χ4n) is 1.93. The van der Waals surface area contributed by atoms with E-state index in [2.05, 4.69) is 74.8 Å². The monoisotopic (exact) mass is 315 g/mol. The van der Waals surface area contributed by atoms with Crippen molar-refractivity contribution in [1.82, 2.24) is 4.98 Å². The van der Waals surface area contributed by atoms with Crippen LogP contribution in [-0.2, 0) is 0 Å². The summed E-state index contributed by atoms with van der Waals surface area (Å²) in [5, 5.41) is 2.08. The zero-order valence-corrected chi connectivity index (χ0v) is 11.9. The van der Waals surface area contributed by atoms with Crippen LogP contribution in [0.3, 0.4) is 0 Å². The fourth-order valence-corrected chi connectivity index (χ4v) is 2.75. The third-order valence-electron chi connectivity index (χ3n) is 2.79. The maximum atomic E-state index is 4.40. The van der Waals surface area contributed by atoms with Gasteiger partial charge in [0.15, 0.2) is 0 Å². The molecule has 0 atom stereocenters. The van der Waals surface area contributed by atoms with Crippen molar-refractivity contribution >= 4 is 27.3 Å². The molecule has 18 heavy (non-hydrogen) atoms. The molecule has 0 fully saturated rings. The second kappa shape index (κ2) is 5.04. The van der Waals surface area contributed by atoms with Gasteiger partial charge in [-0.3, -0.25) is 0 Å². The smallest absolute Gasteiger partial charge is 0.0817 e. The van der Waals surface area contributed by atoms with E-state index >= 15 is 0 Å². The Morgan fingerprint density at radius 2 is 1.61 bits per heavy atom. The lowest BCUT2D eigenvalue weighted by molar-refractivity contribution is 1.41. The molecule has 2 aromatic carbocycles. The molecule has 1 heterocycles. The minimum Gasteiger partial charge on any atom is -0.245 e. The number of rotatable bonds is 2. The van der Waals surface area contributed by atoms with Crippen LogP contribution in [0.5, 0.6) is 0 Å². The molecule has 3 heteroatoms.